The van der Waals surface area contributed by atoms with E-state index >= 15 is 0 Å². The van der Waals surface area contributed by atoms with Gasteiger partial charge < -0.3 is 20.9 Å². The Balaban J connectivity index is 1.56. The lowest BCUT2D eigenvalue weighted by atomic mass is 9.94. The van der Waals surface area contributed by atoms with Crippen LogP contribution in [0.3, 0.4) is 0 Å². The summed E-state index contributed by atoms with van der Waals surface area (Å²) >= 11 is 0. The Hall–Kier alpha value is -3.82. The predicted molar refractivity (Wildman–Crippen MR) is 155 cm³/mol. The number of benzene rings is 2. The third-order valence-electron chi connectivity index (χ3n) is 6.68. The van der Waals surface area contributed by atoms with Crippen molar-refractivity contribution in [2.45, 2.75) is 38.8 Å². The van der Waals surface area contributed by atoms with Crippen LogP contribution in [0.5, 0.6) is 0 Å². The molecule has 1 aromatic heterocycles. The fraction of sp³-hybridized carbons (Fsp3) is 0.400. The molecule has 1 atom stereocenters. The Morgan fingerprint density at radius 3 is 2.26 bits per heavy atom. The van der Waals surface area contributed by atoms with Crippen LogP contribution in [0.4, 0.5) is 23.0 Å². The van der Waals surface area contributed by atoms with Gasteiger partial charge in [-0.2, -0.15) is 0 Å². The number of carbonyl (C=O) groups excluding carboxylic acids is 2. The summed E-state index contributed by atoms with van der Waals surface area (Å²) in [6.07, 6.45) is 4.35. The van der Waals surface area contributed by atoms with Crippen molar-refractivity contribution in [2.75, 3.05) is 44.9 Å². The summed E-state index contributed by atoms with van der Waals surface area (Å²) in [5.74, 6) is 1.00. The SMILES string of the molecule is CN(C)CCCCC1CC(=O)CN(C)Cc2cccc(c2)Nc2cc(ncn2)Nc2cccc(c2)CNC1=O. The number of likely N-dealkylation sites (N-methyl/N-ethyl adjacent to an activating group) is 1. The number of nitrogens with zero attached hydrogens (tertiary/aromatic N) is 4. The average Bonchev–Trinajstić information content (AvgIpc) is 2.89. The minimum absolute atomic E-state index is 0.0668. The molecule has 0 radical (unpaired) electrons. The second-order valence-electron chi connectivity index (χ2n) is 10.6. The maximum Gasteiger partial charge on any atom is 0.223 e. The van der Waals surface area contributed by atoms with E-state index in [0.29, 0.717) is 37.7 Å². The molecular formula is C30H39N7O2. The number of carbonyl (C=O) groups is 2. The van der Waals surface area contributed by atoms with Crippen LogP contribution in [0.2, 0.25) is 0 Å². The molecule has 9 nitrogen and oxygen atoms in total. The Bertz CT molecular complexity index is 1260. The Morgan fingerprint density at radius 1 is 0.897 bits per heavy atom. The summed E-state index contributed by atoms with van der Waals surface area (Å²) < 4.78 is 0. The van der Waals surface area contributed by atoms with Gasteiger partial charge in [0.1, 0.15) is 23.7 Å². The fourth-order valence-corrected chi connectivity index (χ4v) is 4.78. The maximum atomic E-state index is 13.2. The zero-order valence-electron chi connectivity index (χ0n) is 23.1. The van der Waals surface area contributed by atoms with Gasteiger partial charge in [0.05, 0.1) is 6.54 Å². The molecule has 9 heteroatoms. The first-order valence-electron chi connectivity index (χ1n) is 13.5. The molecule has 39 heavy (non-hydrogen) atoms. The molecule has 1 aliphatic heterocycles. The van der Waals surface area contributed by atoms with Crippen molar-refractivity contribution >= 4 is 34.7 Å². The van der Waals surface area contributed by atoms with Crippen LogP contribution in [0.25, 0.3) is 0 Å². The van der Waals surface area contributed by atoms with E-state index in [1.54, 1.807) is 0 Å². The maximum absolute atomic E-state index is 13.2. The van der Waals surface area contributed by atoms with Crippen molar-refractivity contribution in [2.24, 2.45) is 5.92 Å². The highest BCUT2D eigenvalue weighted by Gasteiger charge is 2.22. The number of Topliss-reactive ketones (excluding diaryl/α,β-unsaturated/α-hetero) is 1. The molecular weight excluding hydrogens is 490 g/mol. The number of aromatic nitrogens is 2. The van der Waals surface area contributed by atoms with Gasteiger partial charge in [-0.25, -0.2) is 9.97 Å². The molecule has 0 saturated heterocycles. The van der Waals surface area contributed by atoms with Gasteiger partial charge in [0.15, 0.2) is 0 Å². The highest BCUT2D eigenvalue weighted by atomic mass is 16.2. The summed E-state index contributed by atoms with van der Waals surface area (Å²) in [6.45, 7) is 2.27. The lowest BCUT2D eigenvalue weighted by molar-refractivity contribution is -0.130. The van der Waals surface area contributed by atoms with Crippen LogP contribution in [0.15, 0.2) is 60.9 Å². The number of rotatable bonds is 5. The second kappa shape index (κ2) is 13.8. The zero-order chi connectivity index (χ0) is 27.6. The first-order chi connectivity index (χ1) is 18.8. The minimum Gasteiger partial charge on any atom is -0.352 e. The van der Waals surface area contributed by atoms with Gasteiger partial charge in [0.2, 0.25) is 5.91 Å². The van der Waals surface area contributed by atoms with Crippen molar-refractivity contribution in [3.63, 3.8) is 0 Å². The molecule has 4 rings (SSSR count). The Kier molecular flexibility index (Phi) is 9.99. The number of nitrogens with one attached hydrogen (secondary N) is 3. The first-order valence-corrected chi connectivity index (χ1v) is 13.5. The second-order valence-corrected chi connectivity index (χ2v) is 10.6. The first kappa shape index (κ1) is 28.2. The number of fused-ring (bicyclic) bond motifs is 6. The molecule has 1 unspecified atom stereocenters. The van der Waals surface area contributed by atoms with Crippen molar-refractivity contribution < 1.29 is 9.59 Å². The highest BCUT2D eigenvalue weighted by molar-refractivity contribution is 5.87. The van der Waals surface area contributed by atoms with Crippen LogP contribution < -0.4 is 16.0 Å². The monoisotopic (exact) mass is 529 g/mol. The van der Waals surface area contributed by atoms with E-state index in [0.717, 1.165) is 41.9 Å². The molecule has 3 N–H and O–H groups in total. The minimum atomic E-state index is -0.341. The third kappa shape index (κ3) is 9.15. The number of ketones is 1. The standard InChI is InChI=1S/C30H39N7O2/c1-36(2)13-5-4-10-24-16-27(38)20-37(3)19-23-9-7-12-26(15-23)35-29-17-28(32-21-33-29)34-25-11-6-8-22(14-25)18-31-30(24)39/h6-9,11-12,14-15,17,21,24H,4-5,10,13,16,18-20H2,1-3H3,(H,31,39)(H2,32,33,34,35). The van der Waals surface area contributed by atoms with Crippen LogP contribution in [0.1, 0.15) is 36.8 Å². The Morgan fingerprint density at radius 2 is 1.56 bits per heavy atom. The summed E-state index contributed by atoms with van der Waals surface area (Å²) in [4.78, 5) is 39.2. The van der Waals surface area contributed by atoms with E-state index in [-0.39, 0.29) is 24.0 Å². The number of amides is 1. The summed E-state index contributed by atoms with van der Waals surface area (Å²) in [6, 6.07) is 17.8. The van der Waals surface area contributed by atoms with Gasteiger partial charge >= 0.3 is 0 Å². The summed E-state index contributed by atoms with van der Waals surface area (Å²) in [7, 11) is 6.03. The number of unbranched alkanes of at least 4 members (excludes halogenated alkanes) is 1. The molecule has 0 saturated carbocycles. The molecule has 1 aliphatic rings. The Labute approximate surface area is 231 Å². The van der Waals surface area contributed by atoms with Gasteiger partial charge in [0.25, 0.3) is 0 Å². The van der Waals surface area contributed by atoms with E-state index in [1.807, 2.05) is 74.6 Å². The number of hydrogen-bond acceptors (Lipinski definition) is 8. The van der Waals surface area contributed by atoms with E-state index in [1.165, 1.54) is 6.33 Å². The van der Waals surface area contributed by atoms with Crippen LogP contribution in [-0.2, 0) is 22.7 Å². The van der Waals surface area contributed by atoms with E-state index in [2.05, 4.69) is 36.9 Å². The average molecular weight is 530 g/mol. The molecule has 2 aromatic carbocycles. The van der Waals surface area contributed by atoms with Crippen LogP contribution in [0, 0.1) is 5.92 Å². The van der Waals surface area contributed by atoms with E-state index in [4.69, 9.17) is 0 Å². The summed E-state index contributed by atoms with van der Waals surface area (Å²) in [5, 5.41) is 9.76. The van der Waals surface area contributed by atoms with Gasteiger partial charge in [0, 0.05) is 42.9 Å². The summed E-state index contributed by atoms with van der Waals surface area (Å²) in [5.41, 5.74) is 3.81. The molecule has 2 heterocycles. The van der Waals surface area contributed by atoms with E-state index in [9.17, 15) is 9.59 Å². The van der Waals surface area contributed by atoms with Crippen molar-refractivity contribution in [1.29, 1.82) is 0 Å². The topological polar surface area (TPSA) is 102 Å². The highest BCUT2D eigenvalue weighted by Crippen LogP contribution is 2.22. The normalized spacial score (nSPS) is 17.2. The van der Waals surface area contributed by atoms with Crippen molar-refractivity contribution in [3.8, 4) is 0 Å². The number of hydrogen-bond donors (Lipinski definition) is 3. The lowest BCUT2D eigenvalue weighted by Crippen LogP contribution is -2.34. The van der Waals surface area contributed by atoms with Gasteiger partial charge in [-0.3, -0.25) is 14.5 Å². The molecule has 6 bridgehead atoms. The zero-order valence-corrected chi connectivity index (χ0v) is 23.1. The van der Waals surface area contributed by atoms with Crippen molar-refractivity contribution in [3.05, 3.63) is 72.1 Å². The molecule has 0 aliphatic carbocycles. The fourth-order valence-electron chi connectivity index (χ4n) is 4.78. The molecule has 206 valence electrons. The van der Waals surface area contributed by atoms with Crippen LogP contribution >= 0.6 is 0 Å². The van der Waals surface area contributed by atoms with Gasteiger partial charge in [-0.15, -0.1) is 0 Å². The van der Waals surface area contributed by atoms with Gasteiger partial charge in [-0.05, 0) is 75.9 Å². The third-order valence-corrected chi connectivity index (χ3v) is 6.68. The number of anilines is 4. The molecule has 0 spiro atoms. The predicted octanol–water partition coefficient (Wildman–Crippen LogP) is 4.33. The van der Waals surface area contributed by atoms with Crippen LogP contribution in [-0.4, -0.2) is 65.7 Å². The van der Waals surface area contributed by atoms with Crippen molar-refractivity contribution in [1.82, 2.24) is 25.1 Å². The largest absolute Gasteiger partial charge is 0.352 e. The lowest BCUT2D eigenvalue weighted by Gasteiger charge is -2.20. The molecule has 1 amide bonds. The molecule has 0 fully saturated rings. The van der Waals surface area contributed by atoms with Gasteiger partial charge in [-0.1, -0.05) is 30.7 Å². The van der Waals surface area contributed by atoms with E-state index < -0.39 is 0 Å². The quantitative estimate of drug-likeness (QED) is 0.420. The molecule has 3 aromatic rings. The smallest absolute Gasteiger partial charge is 0.223 e.